The predicted molar refractivity (Wildman–Crippen MR) is 65.2 cm³/mol. The number of hydrogen-bond donors (Lipinski definition) is 2. The van der Waals surface area contributed by atoms with E-state index in [1.54, 1.807) is 32.9 Å². The Morgan fingerprint density at radius 2 is 2.06 bits per heavy atom. The maximum absolute atomic E-state index is 10.9. The van der Waals surface area contributed by atoms with E-state index in [0.29, 0.717) is 11.3 Å². The zero-order chi connectivity index (χ0) is 12.3. The Kier molecular flexibility index (Phi) is 3.99. The van der Waals surface area contributed by atoms with Gasteiger partial charge in [0.05, 0.1) is 11.2 Å². The van der Waals surface area contributed by atoms with Crippen LogP contribution in [0.15, 0.2) is 23.1 Å². The largest absolute Gasteiger partial charge is 0.478 e. The summed E-state index contributed by atoms with van der Waals surface area (Å²) >= 11 is 1.45. The number of carboxylic acid groups (broad SMARTS) is 1. The first-order chi connectivity index (χ1) is 7.29. The van der Waals surface area contributed by atoms with Gasteiger partial charge >= 0.3 is 5.97 Å². The van der Waals surface area contributed by atoms with Crippen LogP contribution in [0.3, 0.4) is 0 Å². The second kappa shape index (κ2) is 4.89. The summed E-state index contributed by atoms with van der Waals surface area (Å²) in [6, 6.07) is 5.31. The number of aliphatic hydroxyl groups is 1. The zero-order valence-corrected chi connectivity index (χ0v) is 10.5. The van der Waals surface area contributed by atoms with Gasteiger partial charge in [0.2, 0.25) is 0 Å². The molecule has 0 atom stereocenters. The molecule has 1 aromatic carbocycles. The van der Waals surface area contributed by atoms with Crippen molar-refractivity contribution in [1.29, 1.82) is 0 Å². The monoisotopic (exact) mass is 240 g/mol. The molecule has 0 bridgehead atoms. The summed E-state index contributed by atoms with van der Waals surface area (Å²) in [7, 11) is 0. The number of carbonyl (C=O) groups is 1. The lowest BCUT2D eigenvalue weighted by molar-refractivity contribution is 0.0695. The van der Waals surface area contributed by atoms with Crippen LogP contribution in [0.1, 0.15) is 29.8 Å². The first-order valence-corrected chi connectivity index (χ1v) is 5.97. The van der Waals surface area contributed by atoms with Gasteiger partial charge in [-0.05, 0) is 38.5 Å². The van der Waals surface area contributed by atoms with Crippen molar-refractivity contribution < 1.29 is 15.0 Å². The van der Waals surface area contributed by atoms with Crippen molar-refractivity contribution in [2.45, 2.75) is 31.3 Å². The Balaban J connectivity index is 2.83. The Morgan fingerprint density at radius 1 is 1.44 bits per heavy atom. The number of thioether (sulfide) groups is 1. The third-order valence-corrected chi connectivity index (χ3v) is 3.47. The molecule has 0 aromatic heterocycles. The number of aromatic carboxylic acids is 1. The first-order valence-electron chi connectivity index (χ1n) is 4.99. The van der Waals surface area contributed by atoms with Gasteiger partial charge in [0, 0.05) is 10.6 Å². The normalized spacial score (nSPS) is 11.5. The molecular formula is C12H16O3S. The Bertz CT molecular complexity index is 394. The highest BCUT2D eigenvalue weighted by Gasteiger charge is 2.14. The van der Waals surface area contributed by atoms with Crippen molar-refractivity contribution in [1.82, 2.24) is 0 Å². The zero-order valence-electron chi connectivity index (χ0n) is 9.65. The lowest BCUT2D eigenvalue weighted by atomic mass is 10.1. The van der Waals surface area contributed by atoms with Gasteiger partial charge in [0.25, 0.3) is 0 Å². The second-order valence-electron chi connectivity index (χ2n) is 4.38. The van der Waals surface area contributed by atoms with Crippen molar-refractivity contribution in [2.24, 2.45) is 0 Å². The van der Waals surface area contributed by atoms with Crippen LogP contribution in [0.5, 0.6) is 0 Å². The van der Waals surface area contributed by atoms with Gasteiger partial charge in [0.1, 0.15) is 0 Å². The van der Waals surface area contributed by atoms with Crippen LogP contribution in [-0.4, -0.2) is 27.5 Å². The van der Waals surface area contributed by atoms with Crippen LogP contribution in [0.4, 0.5) is 0 Å². The number of benzene rings is 1. The van der Waals surface area contributed by atoms with Crippen LogP contribution in [0.2, 0.25) is 0 Å². The predicted octanol–water partition coefficient (Wildman–Crippen LogP) is 2.56. The summed E-state index contributed by atoms with van der Waals surface area (Å²) in [4.78, 5) is 11.8. The molecule has 0 aliphatic rings. The van der Waals surface area contributed by atoms with E-state index in [9.17, 15) is 9.90 Å². The van der Waals surface area contributed by atoms with Gasteiger partial charge in [-0.1, -0.05) is 6.07 Å². The molecule has 0 spiro atoms. The van der Waals surface area contributed by atoms with Crippen molar-refractivity contribution in [3.63, 3.8) is 0 Å². The number of carboxylic acids is 1. The summed E-state index contributed by atoms with van der Waals surface area (Å²) in [5.74, 6) is -0.377. The Labute approximate surface area is 99.5 Å². The fourth-order valence-electron chi connectivity index (χ4n) is 1.18. The van der Waals surface area contributed by atoms with Gasteiger partial charge in [-0.3, -0.25) is 0 Å². The fourth-order valence-corrected chi connectivity index (χ4v) is 2.07. The summed E-state index contributed by atoms with van der Waals surface area (Å²) < 4.78 is 0. The van der Waals surface area contributed by atoms with Crippen molar-refractivity contribution >= 4 is 17.7 Å². The van der Waals surface area contributed by atoms with E-state index in [2.05, 4.69) is 0 Å². The van der Waals surface area contributed by atoms with E-state index in [1.807, 2.05) is 6.07 Å². The van der Waals surface area contributed by atoms with Gasteiger partial charge in [-0.2, -0.15) is 0 Å². The van der Waals surface area contributed by atoms with Gasteiger partial charge in [-0.15, -0.1) is 11.8 Å². The molecule has 0 heterocycles. The minimum absolute atomic E-state index is 0.320. The second-order valence-corrected chi connectivity index (χ2v) is 5.43. The SMILES string of the molecule is Cc1ccc(SCC(C)(C)O)cc1C(=O)O. The molecule has 0 aliphatic heterocycles. The smallest absolute Gasteiger partial charge is 0.335 e. The Morgan fingerprint density at radius 3 is 2.56 bits per heavy atom. The molecule has 2 N–H and O–H groups in total. The average Bonchev–Trinajstić information content (AvgIpc) is 2.14. The highest BCUT2D eigenvalue weighted by atomic mass is 32.2. The maximum Gasteiger partial charge on any atom is 0.335 e. The van der Waals surface area contributed by atoms with E-state index in [4.69, 9.17) is 5.11 Å². The van der Waals surface area contributed by atoms with Crippen LogP contribution >= 0.6 is 11.8 Å². The standard InChI is InChI=1S/C12H16O3S/c1-8-4-5-9(6-10(8)11(13)14)16-7-12(2,3)15/h4-6,15H,7H2,1-3H3,(H,13,14). The Hall–Kier alpha value is -1.00. The third kappa shape index (κ3) is 3.87. The molecule has 0 fully saturated rings. The van der Waals surface area contributed by atoms with Crippen molar-refractivity contribution in [3.05, 3.63) is 29.3 Å². The summed E-state index contributed by atoms with van der Waals surface area (Å²) in [6.45, 7) is 5.23. The molecule has 0 amide bonds. The molecule has 1 aromatic rings. The minimum Gasteiger partial charge on any atom is -0.478 e. The molecule has 0 aliphatic carbocycles. The lowest BCUT2D eigenvalue weighted by Gasteiger charge is -2.16. The van der Waals surface area contributed by atoms with E-state index >= 15 is 0 Å². The van der Waals surface area contributed by atoms with E-state index in [0.717, 1.165) is 10.5 Å². The van der Waals surface area contributed by atoms with Crippen molar-refractivity contribution in [2.75, 3.05) is 5.75 Å². The molecule has 0 saturated carbocycles. The molecule has 3 nitrogen and oxygen atoms in total. The summed E-state index contributed by atoms with van der Waals surface area (Å²) in [6.07, 6.45) is 0. The van der Waals surface area contributed by atoms with E-state index < -0.39 is 11.6 Å². The summed E-state index contributed by atoms with van der Waals surface area (Å²) in [5.41, 5.74) is 0.319. The average molecular weight is 240 g/mol. The van der Waals surface area contributed by atoms with Crippen LogP contribution in [-0.2, 0) is 0 Å². The topological polar surface area (TPSA) is 57.5 Å². The molecular weight excluding hydrogens is 224 g/mol. The third-order valence-electron chi connectivity index (χ3n) is 2.03. The van der Waals surface area contributed by atoms with Crippen LogP contribution in [0, 0.1) is 6.92 Å². The van der Waals surface area contributed by atoms with E-state index in [-0.39, 0.29) is 0 Å². The van der Waals surface area contributed by atoms with Crippen LogP contribution in [0.25, 0.3) is 0 Å². The minimum atomic E-state index is -0.914. The van der Waals surface area contributed by atoms with Gasteiger partial charge in [-0.25, -0.2) is 4.79 Å². The fraction of sp³-hybridized carbons (Fsp3) is 0.417. The number of aryl methyl sites for hydroxylation is 1. The van der Waals surface area contributed by atoms with Gasteiger partial charge < -0.3 is 10.2 Å². The highest BCUT2D eigenvalue weighted by molar-refractivity contribution is 7.99. The lowest BCUT2D eigenvalue weighted by Crippen LogP contribution is -2.21. The number of hydrogen-bond acceptors (Lipinski definition) is 3. The molecule has 0 radical (unpaired) electrons. The van der Waals surface area contributed by atoms with Gasteiger partial charge in [0.15, 0.2) is 0 Å². The van der Waals surface area contributed by atoms with Crippen LogP contribution < -0.4 is 0 Å². The summed E-state index contributed by atoms with van der Waals surface area (Å²) in [5, 5.41) is 18.5. The molecule has 0 unspecified atom stereocenters. The molecule has 0 saturated heterocycles. The first kappa shape index (κ1) is 13.1. The molecule has 16 heavy (non-hydrogen) atoms. The molecule has 4 heteroatoms. The van der Waals surface area contributed by atoms with E-state index in [1.165, 1.54) is 11.8 Å². The quantitative estimate of drug-likeness (QED) is 0.794. The maximum atomic E-state index is 10.9. The highest BCUT2D eigenvalue weighted by Crippen LogP contribution is 2.24. The van der Waals surface area contributed by atoms with Crippen molar-refractivity contribution in [3.8, 4) is 0 Å². The number of rotatable bonds is 4. The molecule has 1 rings (SSSR count). The molecule has 88 valence electrons.